The summed E-state index contributed by atoms with van der Waals surface area (Å²) in [6.07, 6.45) is 0.549. The van der Waals surface area contributed by atoms with E-state index in [1.807, 2.05) is 0 Å². The van der Waals surface area contributed by atoms with Crippen molar-refractivity contribution in [2.45, 2.75) is 78.0 Å². The first-order valence-corrected chi connectivity index (χ1v) is 8.73. The predicted molar refractivity (Wildman–Crippen MR) is 97.8 cm³/mol. The van der Waals surface area contributed by atoms with Crippen molar-refractivity contribution in [1.29, 1.82) is 0 Å². The molecule has 0 saturated heterocycles. The summed E-state index contributed by atoms with van der Waals surface area (Å²) in [5.41, 5.74) is 6.74. The summed E-state index contributed by atoms with van der Waals surface area (Å²) in [6, 6.07) is -0.877. The van der Waals surface area contributed by atoms with Crippen molar-refractivity contribution < 1.29 is 28.6 Å². The molecule has 0 saturated carbocycles. The third-order valence-corrected chi connectivity index (χ3v) is 2.80. The third-order valence-electron chi connectivity index (χ3n) is 2.80. The molecule has 27 heavy (non-hydrogen) atoms. The Labute approximate surface area is 159 Å². The number of ether oxygens (including phenoxy) is 3. The molecule has 1 amide bonds. The van der Waals surface area contributed by atoms with Crippen LogP contribution in [0.25, 0.3) is 10.4 Å². The zero-order valence-corrected chi connectivity index (χ0v) is 16.9. The van der Waals surface area contributed by atoms with Gasteiger partial charge in [-0.05, 0) is 66.3 Å². The van der Waals surface area contributed by atoms with Crippen molar-refractivity contribution in [2.24, 2.45) is 5.11 Å². The summed E-state index contributed by atoms with van der Waals surface area (Å²) in [5, 5.41) is 5.63. The molecular weight excluding hydrogens is 356 g/mol. The highest BCUT2D eigenvalue weighted by Crippen LogP contribution is 2.13. The number of rotatable bonds is 9. The number of hydrogen-bond acceptors (Lipinski definition) is 7. The maximum atomic E-state index is 12.3. The van der Waals surface area contributed by atoms with Gasteiger partial charge in [-0.2, -0.15) is 0 Å². The first-order chi connectivity index (χ1) is 12.3. The second-order valence-corrected chi connectivity index (χ2v) is 7.84. The second-order valence-electron chi connectivity index (χ2n) is 7.84. The largest absolute Gasteiger partial charge is 0.466 e. The fourth-order valence-electron chi connectivity index (χ4n) is 1.84. The number of unbranched alkanes of at least 4 members (excludes halogenated alkanes) is 1. The van der Waals surface area contributed by atoms with Gasteiger partial charge in [-0.1, -0.05) is 5.11 Å². The summed E-state index contributed by atoms with van der Waals surface area (Å²) in [6.45, 7) is 10.1. The molecule has 10 nitrogen and oxygen atoms in total. The van der Waals surface area contributed by atoms with Crippen molar-refractivity contribution >= 4 is 18.0 Å². The van der Waals surface area contributed by atoms with Gasteiger partial charge in [0.15, 0.2) is 0 Å². The van der Waals surface area contributed by atoms with Gasteiger partial charge < -0.3 is 19.5 Å². The van der Waals surface area contributed by atoms with Crippen molar-refractivity contribution in [3.05, 3.63) is 10.4 Å². The van der Waals surface area contributed by atoms with Crippen LogP contribution in [0.15, 0.2) is 5.11 Å². The Bertz CT molecular complexity index is 559. The van der Waals surface area contributed by atoms with Gasteiger partial charge in [0.25, 0.3) is 0 Å². The lowest BCUT2D eigenvalue weighted by molar-refractivity contribution is -0.157. The number of nitrogens with zero attached hydrogens (tertiary/aromatic N) is 3. The number of esters is 2. The van der Waals surface area contributed by atoms with Gasteiger partial charge in [0.2, 0.25) is 0 Å². The van der Waals surface area contributed by atoms with Crippen molar-refractivity contribution in [3.63, 3.8) is 0 Å². The lowest BCUT2D eigenvalue weighted by Crippen LogP contribution is -2.46. The van der Waals surface area contributed by atoms with Gasteiger partial charge >= 0.3 is 18.0 Å². The fourth-order valence-corrected chi connectivity index (χ4v) is 1.84. The smallest absolute Gasteiger partial charge is 0.408 e. The minimum absolute atomic E-state index is 0.118. The van der Waals surface area contributed by atoms with Gasteiger partial charge in [0.05, 0.1) is 6.61 Å². The molecular formula is C17H30N4O6. The molecule has 0 aromatic heterocycles. The molecule has 0 aliphatic carbocycles. The topological polar surface area (TPSA) is 140 Å². The highest BCUT2D eigenvalue weighted by Gasteiger charge is 2.28. The van der Waals surface area contributed by atoms with E-state index in [0.29, 0.717) is 19.3 Å². The van der Waals surface area contributed by atoms with Crippen LogP contribution in [0.5, 0.6) is 0 Å². The number of carbonyl (C=O) groups is 3. The Kier molecular flexibility index (Phi) is 10.2. The standard InChI is InChI=1S/C17H30N4O6/c1-16(2,3)26-14(23)12(20-15(24)27-17(4,5)6)9-7-8-10-25-13(22)11-19-21-18/h12H,7-11H2,1-6H3,(H,20,24)/t12-/m0/s1. The summed E-state index contributed by atoms with van der Waals surface area (Å²) < 4.78 is 15.4. The van der Waals surface area contributed by atoms with Crippen LogP contribution in [0.4, 0.5) is 4.79 Å². The molecule has 0 aromatic rings. The van der Waals surface area contributed by atoms with Gasteiger partial charge in [-0.3, -0.25) is 4.79 Å². The molecule has 154 valence electrons. The second kappa shape index (κ2) is 11.3. The molecule has 1 N–H and O–H groups in total. The van der Waals surface area contributed by atoms with Gasteiger partial charge in [0, 0.05) is 4.91 Å². The van der Waals surface area contributed by atoms with E-state index < -0.39 is 35.3 Å². The first kappa shape index (κ1) is 24.5. The monoisotopic (exact) mass is 386 g/mol. The zero-order valence-electron chi connectivity index (χ0n) is 16.9. The Morgan fingerprint density at radius 3 is 2.15 bits per heavy atom. The van der Waals surface area contributed by atoms with Crippen LogP contribution in [0.2, 0.25) is 0 Å². The van der Waals surface area contributed by atoms with E-state index in [9.17, 15) is 14.4 Å². The highest BCUT2D eigenvalue weighted by atomic mass is 16.6. The number of amides is 1. The van der Waals surface area contributed by atoms with Crippen molar-refractivity contribution in [3.8, 4) is 0 Å². The lowest BCUT2D eigenvalue weighted by atomic mass is 10.1. The molecule has 10 heteroatoms. The quantitative estimate of drug-likeness (QED) is 0.161. The summed E-state index contributed by atoms with van der Waals surface area (Å²) in [7, 11) is 0. The SMILES string of the molecule is CC(C)(C)OC(=O)N[C@@H](CCCCOC(=O)CN=[N+]=[N-])C(=O)OC(C)(C)C. The summed E-state index contributed by atoms with van der Waals surface area (Å²) >= 11 is 0. The number of hydrogen-bond donors (Lipinski definition) is 1. The van der Waals surface area contributed by atoms with Crippen molar-refractivity contribution in [1.82, 2.24) is 5.32 Å². The number of alkyl carbamates (subject to hydrolysis) is 1. The molecule has 0 fully saturated rings. The van der Waals surface area contributed by atoms with Gasteiger partial charge in [0.1, 0.15) is 23.8 Å². The lowest BCUT2D eigenvalue weighted by Gasteiger charge is -2.26. The molecule has 0 aromatic carbocycles. The molecule has 0 bridgehead atoms. The predicted octanol–water partition coefficient (Wildman–Crippen LogP) is 3.25. The Morgan fingerprint density at radius 1 is 1.04 bits per heavy atom. The average molecular weight is 386 g/mol. The van der Waals surface area contributed by atoms with Crippen LogP contribution >= 0.6 is 0 Å². The normalized spacial score (nSPS) is 12.4. The Balaban J connectivity index is 4.58. The van der Waals surface area contributed by atoms with Crippen LogP contribution in [0, 0.1) is 0 Å². The third kappa shape index (κ3) is 14.4. The summed E-state index contributed by atoms with van der Waals surface area (Å²) in [4.78, 5) is 38.0. The fraction of sp³-hybridized carbons (Fsp3) is 0.824. The molecule has 0 unspecified atom stereocenters. The van der Waals surface area contributed by atoms with Crippen LogP contribution in [0.3, 0.4) is 0 Å². The Morgan fingerprint density at radius 2 is 1.63 bits per heavy atom. The minimum atomic E-state index is -0.877. The van der Waals surface area contributed by atoms with Crippen LogP contribution in [0.1, 0.15) is 60.8 Å². The van der Waals surface area contributed by atoms with E-state index in [2.05, 4.69) is 15.3 Å². The zero-order chi connectivity index (χ0) is 21.1. The van der Waals surface area contributed by atoms with Crippen LogP contribution in [-0.2, 0) is 23.8 Å². The highest BCUT2D eigenvalue weighted by molar-refractivity contribution is 5.81. The van der Waals surface area contributed by atoms with E-state index >= 15 is 0 Å². The van der Waals surface area contributed by atoms with E-state index in [-0.39, 0.29) is 13.2 Å². The minimum Gasteiger partial charge on any atom is -0.466 e. The van der Waals surface area contributed by atoms with Crippen LogP contribution < -0.4 is 5.32 Å². The maximum absolute atomic E-state index is 12.3. The van der Waals surface area contributed by atoms with E-state index in [4.69, 9.17) is 19.7 Å². The number of nitrogens with one attached hydrogen (secondary N) is 1. The van der Waals surface area contributed by atoms with E-state index in [0.717, 1.165) is 0 Å². The first-order valence-electron chi connectivity index (χ1n) is 8.73. The van der Waals surface area contributed by atoms with E-state index in [1.165, 1.54) is 0 Å². The number of carbonyl (C=O) groups excluding carboxylic acids is 3. The van der Waals surface area contributed by atoms with Gasteiger partial charge in [-0.25, -0.2) is 9.59 Å². The van der Waals surface area contributed by atoms with Crippen LogP contribution in [-0.4, -0.2) is 48.4 Å². The number of azide groups is 1. The molecule has 0 radical (unpaired) electrons. The molecule has 0 aliphatic rings. The molecule has 0 spiro atoms. The molecule has 0 rings (SSSR count). The average Bonchev–Trinajstić information content (AvgIpc) is 2.47. The molecule has 1 atom stereocenters. The van der Waals surface area contributed by atoms with Gasteiger partial charge in [-0.15, -0.1) is 0 Å². The summed E-state index contributed by atoms with van der Waals surface area (Å²) in [5.74, 6) is -1.18. The Hall–Kier alpha value is -2.48. The molecule has 0 heterocycles. The van der Waals surface area contributed by atoms with E-state index in [1.54, 1.807) is 41.5 Å². The molecule has 0 aliphatic heterocycles. The van der Waals surface area contributed by atoms with Crippen molar-refractivity contribution in [2.75, 3.05) is 13.2 Å². The maximum Gasteiger partial charge on any atom is 0.408 e.